The van der Waals surface area contributed by atoms with Gasteiger partial charge in [0, 0.05) is 60.3 Å². The summed E-state index contributed by atoms with van der Waals surface area (Å²) < 4.78 is 0. The van der Waals surface area contributed by atoms with Gasteiger partial charge in [-0.15, -0.1) is 0 Å². The number of aromatic amines is 1. The highest BCUT2D eigenvalue weighted by Gasteiger charge is 2.12. The molecular formula is C26H24N6O. The molecule has 7 nitrogen and oxygen atoms in total. The van der Waals surface area contributed by atoms with E-state index in [0.29, 0.717) is 17.8 Å². The smallest absolute Gasteiger partial charge is 0.250 e. The van der Waals surface area contributed by atoms with Crippen molar-refractivity contribution >= 4 is 22.6 Å². The number of H-pyrrole nitrogens is 1. The number of rotatable bonds is 6. The monoisotopic (exact) mass is 436 g/mol. The molecule has 3 heterocycles. The zero-order valence-electron chi connectivity index (χ0n) is 18.8. The molecule has 1 amide bonds. The summed E-state index contributed by atoms with van der Waals surface area (Å²) in [5.74, 6) is -0.116. The predicted molar refractivity (Wildman–Crippen MR) is 131 cm³/mol. The molecular weight excluding hydrogens is 412 g/mol. The van der Waals surface area contributed by atoms with Gasteiger partial charge in [-0.2, -0.15) is 5.26 Å². The summed E-state index contributed by atoms with van der Waals surface area (Å²) in [6, 6.07) is 13.7. The van der Waals surface area contributed by atoms with Crippen LogP contribution in [-0.2, 0) is 4.79 Å². The lowest BCUT2D eigenvalue weighted by molar-refractivity contribution is -0.113. The second-order valence-electron chi connectivity index (χ2n) is 8.01. The Labute approximate surface area is 192 Å². The number of amides is 1. The van der Waals surface area contributed by atoms with Gasteiger partial charge in [0.2, 0.25) is 5.91 Å². The Morgan fingerprint density at radius 2 is 1.91 bits per heavy atom. The maximum Gasteiger partial charge on any atom is 0.250 e. The fourth-order valence-corrected chi connectivity index (χ4v) is 3.53. The van der Waals surface area contributed by atoms with E-state index in [-0.39, 0.29) is 5.91 Å². The van der Waals surface area contributed by atoms with E-state index >= 15 is 0 Å². The number of nitrogens with one attached hydrogen (secondary N) is 1. The second kappa shape index (κ2) is 9.47. The van der Waals surface area contributed by atoms with Crippen molar-refractivity contribution in [2.24, 2.45) is 0 Å². The molecule has 0 aliphatic heterocycles. The third kappa shape index (κ3) is 4.81. The predicted octanol–water partition coefficient (Wildman–Crippen LogP) is 4.24. The standard InChI is InChI=1S/C26H24N6O/c1-31(2)9-5-8-25(33)32(3)22-11-20(14-28-16-22)21-12-23-24(17-30-26(23)29-15-21)19-7-4-6-18(10-19)13-27/h4-8,10-12,14-17H,9H2,1-3H3,(H,29,30)/b8-5+. The van der Waals surface area contributed by atoms with E-state index in [0.717, 1.165) is 33.3 Å². The van der Waals surface area contributed by atoms with Gasteiger partial charge >= 0.3 is 0 Å². The number of likely N-dealkylation sites (N-methyl/N-ethyl adjacent to an activating group) is 2. The molecule has 0 fully saturated rings. The first-order valence-corrected chi connectivity index (χ1v) is 10.5. The van der Waals surface area contributed by atoms with E-state index in [9.17, 15) is 10.1 Å². The Morgan fingerprint density at radius 3 is 2.70 bits per heavy atom. The zero-order chi connectivity index (χ0) is 23.4. The van der Waals surface area contributed by atoms with Crippen LogP contribution in [-0.4, -0.2) is 53.4 Å². The third-order valence-corrected chi connectivity index (χ3v) is 5.34. The van der Waals surface area contributed by atoms with Gasteiger partial charge in [0.1, 0.15) is 5.65 Å². The van der Waals surface area contributed by atoms with Gasteiger partial charge in [-0.05, 0) is 43.9 Å². The number of carbonyl (C=O) groups excluding carboxylic acids is 1. The maximum absolute atomic E-state index is 12.5. The molecule has 7 heteroatoms. The van der Waals surface area contributed by atoms with Crippen LogP contribution in [0.25, 0.3) is 33.3 Å². The summed E-state index contributed by atoms with van der Waals surface area (Å²) in [4.78, 5) is 28.2. The molecule has 0 saturated carbocycles. The molecule has 0 atom stereocenters. The Hall–Kier alpha value is -4.28. The van der Waals surface area contributed by atoms with Gasteiger partial charge in [0.15, 0.2) is 0 Å². The molecule has 0 unspecified atom stereocenters. The minimum absolute atomic E-state index is 0.116. The SMILES string of the molecule is CN(C)C/C=C/C(=O)N(C)c1cncc(-c2cnc3[nH]cc(-c4cccc(C#N)c4)c3c2)c1. The van der Waals surface area contributed by atoms with E-state index in [1.807, 2.05) is 61.6 Å². The van der Waals surface area contributed by atoms with Crippen molar-refractivity contribution in [3.63, 3.8) is 0 Å². The van der Waals surface area contributed by atoms with Crippen molar-refractivity contribution in [2.75, 3.05) is 32.6 Å². The lowest BCUT2D eigenvalue weighted by Crippen LogP contribution is -2.24. The molecule has 0 saturated heterocycles. The summed E-state index contributed by atoms with van der Waals surface area (Å²) in [7, 11) is 5.64. The highest BCUT2D eigenvalue weighted by molar-refractivity contribution is 6.01. The molecule has 1 aromatic carbocycles. The molecule has 0 radical (unpaired) electrons. The zero-order valence-corrected chi connectivity index (χ0v) is 18.8. The van der Waals surface area contributed by atoms with Crippen molar-refractivity contribution in [1.29, 1.82) is 5.26 Å². The number of fused-ring (bicyclic) bond motifs is 1. The van der Waals surface area contributed by atoms with Crippen LogP contribution in [0.5, 0.6) is 0 Å². The van der Waals surface area contributed by atoms with Gasteiger partial charge in [-0.25, -0.2) is 4.98 Å². The number of nitriles is 1. The second-order valence-corrected chi connectivity index (χ2v) is 8.01. The molecule has 1 N–H and O–H groups in total. The topological polar surface area (TPSA) is 88.9 Å². The van der Waals surface area contributed by atoms with Crippen molar-refractivity contribution in [3.05, 3.63) is 78.9 Å². The molecule has 4 aromatic rings. The first kappa shape index (κ1) is 21.9. The number of nitrogens with zero attached hydrogens (tertiary/aromatic N) is 5. The molecule has 3 aromatic heterocycles. The van der Waals surface area contributed by atoms with Gasteiger partial charge < -0.3 is 14.8 Å². The van der Waals surface area contributed by atoms with Crippen LogP contribution >= 0.6 is 0 Å². The van der Waals surface area contributed by atoms with Crippen LogP contribution in [0.4, 0.5) is 5.69 Å². The van der Waals surface area contributed by atoms with E-state index in [1.54, 1.807) is 42.7 Å². The van der Waals surface area contributed by atoms with E-state index in [1.165, 1.54) is 0 Å². The molecule has 0 aliphatic carbocycles. The van der Waals surface area contributed by atoms with Crippen molar-refractivity contribution in [1.82, 2.24) is 19.9 Å². The van der Waals surface area contributed by atoms with Crippen LogP contribution in [0, 0.1) is 11.3 Å². The average molecular weight is 437 g/mol. The first-order chi connectivity index (χ1) is 16.0. The number of anilines is 1. The van der Waals surface area contributed by atoms with Crippen LogP contribution < -0.4 is 4.90 Å². The van der Waals surface area contributed by atoms with Crippen molar-refractivity contribution in [3.8, 4) is 28.3 Å². The van der Waals surface area contributed by atoms with Gasteiger partial charge in [-0.1, -0.05) is 18.2 Å². The summed E-state index contributed by atoms with van der Waals surface area (Å²) in [6.07, 6.45) is 10.5. The Kier molecular flexibility index (Phi) is 6.29. The number of hydrogen-bond acceptors (Lipinski definition) is 5. The molecule has 4 rings (SSSR count). The Morgan fingerprint density at radius 1 is 1.09 bits per heavy atom. The summed E-state index contributed by atoms with van der Waals surface area (Å²) in [5.41, 5.74) is 5.73. The molecule has 164 valence electrons. The minimum atomic E-state index is -0.116. The third-order valence-electron chi connectivity index (χ3n) is 5.34. The lowest BCUT2D eigenvalue weighted by atomic mass is 10.0. The Balaban J connectivity index is 1.66. The molecule has 0 bridgehead atoms. The van der Waals surface area contributed by atoms with Crippen molar-refractivity contribution in [2.45, 2.75) is 0 Å². The molecule has 0 spiro atoms. The van der Waals surface area contributed by atoms with Crippen LogP contribution in [0.1, 0.15) is 5.56 Å². The summed E-state index contributed by atoms with van der Waals surface area (Å²) in [5, 5.41) is 10.2. The number of benzene rings is 1. The van der Waals surface area contributed by atoms with Crippen LogP contribution in [0.3, 0.4) is 0 Å². The van der Waals surface area contributed by atoms with Gasteiger partial charge in [-0.3, -0.25) is 9.78 Å². The largest absolute Gasteiger partial charge is 0.346 e. The van der Waals surface area contributed by atoms with Crippen LogP contribution in [0.2, 0.25) is 0 Å². The number of carbonyl (C=O) groups is 1. The lowest BCUT2D eigenvalue weighted by Gasteiger charge is -2.16. The van der Waals surface area contributed by atoms with Gasteiger partial charge in [0.05, 0.1) is 23.5 Å². The number of hydrogen-bond donors (Lipinski definition) is 1. The highest BCUT2D eigenvalue weighted by atomic mass is 16.2. The van der Waals surface area contributed by atoms with Gasteiger partial charge in [0.25, 0.3) is 0 Å². The molecule has 33 heavy (non-hydrogen) atoms. The maximum atomic E-state index is 12.5. The average Bonchev–Trinajstić information content (AvgIpc) is 3.26. The summed E-state index contributed by atoms with van der Waals surface area (Å²) >= 11 is 0. The molecule has 0 aliphatic rings. The van der Waals surface area contributed by atoms with E-state index in [2.05, 4.69) is 21.0 Å². The Bertz CT molecular complexity index is 1380. The van der Waals surface area contributed by atoms with Crippen LogP contribution in [0.15, 0.2) is 73.3 Å². The van der Waals surface area contributed by atoms with Crippen molar-refractivity contribution < 1.29 is 4.79 Å². The fourth-order valence-electron chi connectivity index (χ4n) is 3.53. The number of aromatic nitrogens is 3. The normalized spacial score (nSPS) is 11.2. The fraction of sp³-hybridized carbons (Fsp3) is 0.154. The number of pyridine rings is 2. The highest BCUT2D eigenvalue weighted by Crippen LogP contribution is 2.32. The minimum Gasteiger partial charge on any atom is -0.346 e. The first-order valence-electron chi connectivity index (χ1n) is 10.5. The quantitative estimate of drug-likeness (QED) is 0.457. The van der Waals surface area contributed by atoms with E-state index < -0.39 is 0 Å². The van der Waals surface area contributed by atoms with E-state index in [4.69, 9.17) is 0 Å². The summed E-state index contributed by atoms with van der Waals surface area (Å²) in [6.45, 7) is 0.694.